The number of rotatable bonds is 4. The van der Waals surface area contributed by atoms with E-state index in [0.717, 1.165) is 16.8 Å². The summed E-state index contributed by atoms with van der Waals surface area (Å²) < 4.78 is 19.2. The fourth-order valence-corrected chi connectivity index (χ4v) is 4.51. The third-order valence-electron chi connectivity index (χ3n) is 6.06. The van der Waals surface area contributed by atoms with Gasteiger partial charge in [-0.25, -0.2) is 4.98 Å². The van der Waals surface area contributed by atoms with Crippen LogP contribution in [0.25, 0.3) is 27.8 Å². The highest BCUT2D eigenvalue weighted by Crippen LogP contribution is 2.33. The Hall–Kier alpha value is -3.46. The van der Waals surface area contributed by atoms with E-state index in [1.165, 1.54) is 6.33 Å². The third kappa shape index (κ3) is 3.12. The van der Waals surface area contributed by atoms with Crippen molar-refractivity contribution in [3.63, 3.8) is 0 Å². The van der Waals surface area contributed by atoms with Gasteiger partial charge in [0.05, 0.1) is 24.9 Å². The zero-order valence-electron chi connectivity index (χ0n) is 17.0. The van der Waals surface area contributed by atoms with Crippen LogP contribution in [0.4, 0.5) is 0 Å². The molecule has 6 rings (SSSR count). The summed E-state index contributed by atoms with van der Waals surface area (Å²) in [5, 5.41) is 10.4. The van der Waals surface area contributed by atoms with Crippen LogP contribution >= 0.6 is 0 Å². The van der Waals surface area contributed by atoms with Crippen molar-refractivity contribution in [1.29, 1.82) is 0 Å². The van der Waals surface area contributed by atoms with Crippen molar-refractivity contribution in [3.05, 3.63) is 77.5 Å². The van der Waals surface area contributed by atoms with E-state index in [-0.39, 0.29) is 30.5 Å². The topological polar surface area (TPSA) is 98.6 Å². The number of hydrogen-bond donors (Lipinski definition) is 2. The number of aromatic amines is 1. The minimum absolute atomic E-state index is 0.189. The zero-order valence-corrected chi connectivity index (χ0v) is 17.0. The first-order chi connectivity index (χ1) is 15.7. The molecular formula is C24H21N3O5. The normalized spacial score (nSPS) is 24.7. The fraction of sp³-hybridized carbons (Fsp3) is 0.250. The maximum absolute atomic E-state index is 12.7. The first kappa shape index (κ1) is 19.2. The summed E-state index contributed by atoms with van der Waals surface area (Å²) in [7, 11) is 0. The van der Waals surface area contributed by atoms with Crippen LogP contribution in [0.15, 0.2) is 71.9 Å². The number of nitrogens with zero attached hydrogens (tertiary/aromatic N) is 2. The summed E-state index contributed by atoms with van der Waals surface area (Å²) in [4.78, 5) is 19.8. The number of ether oxygens (including phenoxy) is 3. The first-order valence-corrected chi connectivity index (χ1v) is 10.5. The van der Waals surface area contributed by atoms with Gasteiger partial charge in [0.2, 0.25) is 0 Å². The number of aliphatic hydroxyl groups is 1. The molecule has 2 fully saturated rings. The molecule has 0 saturated carbocycles. The van der Waals surface area contributed by atoms with Gasteiger partial charge in [-0.1, -0.05) is 30.3 Å². The van der Waals surface area contributed by atoms with E-state index < -0.39 is 6.10 Å². The molecule has 2 aliphatic heterocycles. The predicted molar refractivity (Wildman–Crippen MR) is 117 cm³/mol. The third-order valence-corrected chi connectivity index (χ3v) is 6.06. The van der Waals surface area contributed by atoms with Gasteiger partial charge in [0.1, 0.15) is 24.1 Å². The average molecular weight is 431 g/mol. The molecule has 8 nitrogen and oxygen atoms in total. The Morgan fingerprint density at radius 1 is 1.03 bits per heavy atom. The molecule has 8 heteroatoms. The number of aliphatic hydroxyl groups excluding tert-OH is 1. The lowest BCUT2D eigenvalue weighted by Crippen LogP contribution is -2.34. The molecule has 0 aliphatic carbocycles. The van der Waals surface area contributed by atoms with E-state index in [2.05, 4.69) is 9.97 Å². The smallest absolute Gasteiger partial charge is 0.260 e. The number of benzene rings is 2. The monoisotopic (exact) mass is 431 g/mol. The molecule has 0 amide bonds. The molecule has 32 heavy (non-hydrogen) atoms. The van der Waals surface area contributed by atoms with Crippen molar-refractivity contribution in [1.82, 2.24) is 14.5 Å². The zero-order chi connectivity index (χ0) is 21.7. The van der Waals surface area contributed by atoms with Crippen LogP contribution in [-0.2, 0) is 9.47 Å². The minimum atomic E-state index is -0.607. The molecule has 0 bridgehead atoms. The average Bonchev–Trinajstić information content (AvgIpc) is 3.51. The van der Waals surface area contributed by atoms with E-state index in [4.69, 9.17) is 14.2 Å². The van der Waals surface area contributed by atoms with Crippen molar-refractivity contribution in [2.75, 3.05) is 13.2 Å². The highest BCUT2D eigenvalue weighted by atomic mass is 16.6. The second-order valence-corrected chi connectivity index (χ2v) is 8.02. The Balaban J connectivity index is 1.33. The van der Waals surface area contributed by atoms with Crippen LogP contribution < -0.4 is 10.3 Å². The largest absolute Gasteiger partial charge is 0.485 e. The Kier molecular flexibility index (Phi) is 4.57. The summed E-state index contributed by atoms with van der Waals surface area (Å²) in [6.45, 7) is 0.641. The van der Waals surface area contributed by atoms with E-state index in [0.29, 0.717) is 23.4 Å². The maximum atomic E-state index is 12.7. The van der Waals surface area contributed by atoms with Gasteiger partial charge in [0.25, 0.3) is 5.56 Å². The van der Waals surface area contributed by atoms with Gasteiger partial charge in [0, 0.05) is 17.4 Å². The van der Waals surface area contributed by atoms with Crippen LogP contribution in [-0.4, -0.2) is 57.3 Å². The number of para-hydroxylation sites is 1. The molecule has 0 unspecified atom stereocenters. The van der Waals surface area contributed by atoms with Gasteiger partial charge < -0.3 is 28.9 Å². The number of nitrogens with one attached hydrogen (secondary N) is 1. The van der Waals surface area contributed by atoms with Gasteiger partial charge in [0.15, 0.2) is 11.8 Å². The summed E-state index contributed by atoms with van der Waals surface area (Å²) >= 11 is 0. The molecule has 0 radical (unpaired) electrons. The molecule has 4 heterocycles. The summed E-state index contributed by atoms with van der Waals surface area (Å²) in [6, 6.07) is 17.4. The van der Waals surface area contributed by atoms with Crippen LogP contribution in [0.5, 0.6) is 5.75 Å². The SMILES string of the molecule is O=c1[nH]cnc2c1c(-c1ccc(O[C@@H]3CO[C@@H]4[C@H]3OC[C@@H]4O)cc1)cn2-c1ccccc1. The first-order valence-electron chi connectivity index (χ1n) is 10.5. The van der Waals surface area contributed by atoms with Crippen LogP contribution in [0.1, 0.15) is 0 Å². The van der Waals surface area contributed by atoms with Gasteiger partial charge in [-0.05, 0) is 29.8 Å². The molecule has 2 saturated heterocycles. The Morgan fingerprint density at radius 2 is 1.81 bits per heavy atom. The number of H-pyrrole nitrogens is 1. The van der Waals surface area contributed by atoms with Gasteiger partial charge in [-0.15, -0.1) is 0 Å². The summed E-state index contributed by atoms with van der Waals surface area (Å²) in [5.74, 6) is 0.673. The Morgan fingerprint density at radius 3 is 2.62 bits per heavy atom. The van der Waals surface area contributed by atoms with Crippen molar-refractivity contribution >= 4 is 11.0 Å². The summed E-state index contributed by atoms with van der Waals surface area (Å²) in [6.07, 6.45) is 1.88. The van der Waals surface area contributed by atoms with Gasteiger partial charge in [-0.2, -0.15) is 0 Å². The van der Waals surface area contributed by atoms with E-state index >= 15 is 0 Å². The predicted octanol–water partition coefficient (Wildman–Crippen LogP) is 2.29. The fourth-order valence-electron chi connectivity index (χ4n) is 4.51. The molecule has 0 spiro atoms. The number of aromatic nitrogens is 3. The standard InChI is InChI=1S/C24H21N3O5/c28-18-11-30-22-19(12-31-21(18)22)32-16-8-6-14(7-9-16)17-10-27(15-4-2-1-3-5-15)23-20(17)24(29)26-13-25-23/h1-10,13,18-19,21-22,28H,11-12H2,(H,25,26,29)/t18-,19+,21-,22-/m0/s1. The second kappa shape index (κ2) is 7.59. The van der Waals surface area contributed by atoms with Crippen LogP contribution in [0, 0.1) is 0 Å². The molecule has 2 N–H and O–H groups in total. The highest BCUT2D eigenvalue weighted by molar-refractivity contribution is 5.94. The molecule has 4 atom stereocenters. The van der Waals surface area contributed by atoms with E-state index in [1.54, 1.807) is 0 Å². The lowest BCUT2D eigenvalue weighted by atomic mass is 10.1. The number of fused-ring (bicyclic) bond motifs is 2. The van der Waals surface area contributed by atoms with Gasteiger partial charge in [-0.3, -0.25) is 4.79 Å². The Bertz CT molecular complexity index is 1320. The molecule has 2 aliphatic rings. The van der Waals surface area contributed by atoms with E-state index in [9.17, 15) is 9.90 Å². The molecule has 2 aromatic heterocycles. The second-order valence-electron chi connectivity index (χ2n) is 8.02. The van der Waals surface area contributed by atoms with Gasteiger partial charge >= 0.3 is 0 Å². The molecular weight excluding hydrogens is 410 g/mol. The molecule has 162 valence electrons. The molecule has 2 aromatic carbocycles. The lowest BCUT2D eigenvalue weighted by molar-refractivity contribution is 0.00863. The minimum Gasteiger partial charge on any atom is -0.485 e. The number of hydrogen-bond acceptors (Lipinski definition) is 6. The maximum Gasteiger partial charge on any atom is 0.260 e. The Labute approximate surface area is 183 Å². The van der Waals surface area contributed by atoms with Crippen LogP contribution in [0.3, 0.4) is 0 Å². The summed E-state index contributed by atoms with van der Waals surface area (Å²) in [5.41, 5.74) is 3.00. The van der Waals surface area contributed by atoms with Crippen molar-refractivity contribution in [2.45, 2.75) is 24.4 Å². The van der Waals surface area contributed by atoms with E-state index in [1.807, 2.05) is 65.4 Å². The highest BCUT2D eigenvalue weighted by Gasteiger charge is 2.48. The van der Waals surface area contributed by atoms with Crippen LogP contribution in [0.2, 0.25) is 0 Å². The van der Waals surface area contributed by atoms with Crippen molar-refractivity contribution in [2.24, 2.45) is 0 Å². The quantitative estimate of drug-likeness (QED) is 0.515. The molecule has 4 aromatic rings. The lowest BCUT2D eigenvalue weighted by Gasteiger charge is -2.18. The van der Waals surface area contributed by atoms with Crippen molar-refractivity contribution < 1.29 is 19.3 Å². The van der Waals surface area contributed by atoms with Crippen molar-refractivity contribution in [3.8, 4) is 22.6 Å².